The van der Waals surface area contributed by atoms with Gasteiger partial charge in [0.25, 0.3) is 0 Å². The number of rotatable bonds is 7. The lowest BCUT2D eigenvalue weighted by molar-refractivity contribution is 0.0614. The van der Waals surface area contributed by atoms with E-state index in [2.05, 4.69) is 48.5 Å². The summed E-state index contributed by atoms with van der Waals surface area (Å²) >= 11 is 9.27. The largest absolute Gasteiger partial charge is 0.322 e. The lowest BCUT2D eigenvalue weighted by Gasteiger charge is -2.46. The molecule has 1 atom stereocenters. The summed E-state index contributed by atoms with van der Waals surface area (Å²) in [7, 11) is 0. The van der Waals surface area contributed by atoms with E-state index in [-0.39, 0.29) is 10.6 Å². The summed E-state index contributed by atoms with van der Waals surface area (Å²) in [4.78, 5) is 2.33. The fourth-order valence-electron chi connectivity index (χ4n) is 3.26. The Balaban J connectivity index is 3.36. The van der Waals surface area contributed by atoms with E-state index in [1.165, 1.54) is 0 Å². The molecule has 21 heavy (non-hydrogen) atoms. The fraction of sp³-hybridized carbons (Fsp3) is 0.625. The van der Waals surface area contributed by atoms with Crippen LogP contribution >= 0.6 is 27.5 Å². The van der Waals surface area contributed by atoms with E-state index in [1.807, 2.05) is 0 Å². The molecule has 0 aliphatic heterocycles. The SMILES string of the molecule is CCN(CC)C(CC)(CC)C(N)c1ccc(Br)c(Cl)c1F. The normalized spacial score (nSPS) is 13.8. The minimum absolute atomic E-state index is 0.101. The first kappa shape index (κ1) is 18.9. The number of nitrogens with two attached hydrogens (primary N) is 1. The highest BCUT2D eigenvalue weighted by atomic mass is 79.9. The van der Waals surface area contributed by atoms with Crippen molar-refractivity contribution in [3.63, 3.8) is 0 Å². The number of halogens is 3. The van der Waals surface area contributed by atoms with Gasteiger partial charge in [0, 0.05) is 15.6 Å². The lowest BCUT2D eigenvalue weighted by atomic mass is 9.79. The average Bonchev–Trinajstić information content (AvgIpc) is 2.50. The number of nitrogens with zero attached hydrogens (tertiary/aromatic N) is 1. The number of hydrogen-bond donors (Lipinski definition) is 1. The molecule has 0 saturated heterocycles. The van der Waals surface area contributed by atoms with Gasteiger partial charge in [-0.05, 0) is 47.9 Å². The summed E-state index contributed by atoms with van der Waals surface area (Å²) in [5.41, 5.74) is 6.73. The summed E-state index contributed by atoms with van der Waals surface area (Å²) in [6.07, 6.45) is 1.72. The van der Waals surface area contributed by atoms with Crippen LogP contribution in [0, 0.1) is 5.82 Å². The summed E-state index contributed by atoms with van der Waals surface area (Å²) in [5, 5.41) is 0.101. The average molecular weight is 380 g/mol. The quantitative estimate of drug-likeness (QED) is 0.664. The van der Waals surface area contributed by atoms with Crippen molar-refractivity contribution in [3.8, 4) is 0 Å². The summed E-state index contributed by atoms with van der Waals surface area (Å²) in [5.74, 6) is -0.419. The number of likely N-dealkylation sites (N-methyl/N-ethyl adjacent to an activating group) is 1. The Bertz CT molecular complexity index is 474. The highest BCUT2D eigenvalue weighted by molar-refractivity contribution is 9.10. The molecule has 0 amide bonds. The number of hydrogen-bond acceptors (Lipinski definition) is 2. The fourth-order valence-corrected chi connectivity index (χ4v) is 3.74. The maximum Gasteiger partial charge on any atom is 0.147 e. The van der Waals surface area contributed by atoms with Crippen molar-refractivity contribution in [3.05, 3.63) is 33.0 Å². The third kappa shape index (κ3) is 3.44. The van der Waals surface area contributed by atoms with E-state index in [0.29, 0.717) is 10.0 Å². The first-order valence-corrected chi connectivity index (χ1v) is 8.70. The molecule has 0 saturated carbocycles. The highest BCUT2D eigenvalue weighted by Gasteiger charge is 2.40. The molecule has 0 aliphatic carbocycles. The van der Waals surface area contributed by atoms with Crippen LogP contribution in [-0.4, -0.2) is 23.5 Å². The Kier molecular flexibility index (Phi) is 7.11. The molecule has 0 bridgehead atoms. The Morgan fingerprint density at radius 1 is 1.24 bits per heavy atom. The Hall–Kier alpha value is -0.160. The molecule has 2 N–H and O–H groups in total. The van der Waals surface area contributed by atoms with Gasteiger partial charge >= 0.3 is 0 Å². The van der Waals surface area contributed by atoms with E-state index in [4.69, 9.17) is 17.3 Å². The van der Waals surface area contributed by atoms with Gasteiger partial charge in [0.05, 0.1) is 11.1 Å². The second-order valence-electron chi connectivity index (χ2n) is 5.23. The molecule has 1 unspecified atom stereocenters. The minimum atomic E-state index is -0.419. The van der Waals surface area contributed by atoms with Gasteiger partial charge in [-0.1, -0.05) is 45.4 Å². The van der Waals surface area contributed by atoms with Gasteiger partial charge in [-0.25, -0.2) is 4.39 Å². The van der Waals surface area contributed by atoms with Crippen LogP contribution < -0.4 is 5.73 Å². The van der Waals surface area contributed by atoms with Gasteiger partial charge in [0.1, 0.15) is 5.82 Å². The predicted molar refractivity (Wildman–Crippen MR) is 92.3 cm³/mol. The minimum Gasteiger partial charge on any atom is -0.322 e. The van der Waals surface area contributed by atoms with Crippen LogP contribution in [0.1, 0.15) is 52.1 Å². The zero-order valence-electron chi connectivity index (χ0n) is 13.2. The highest BCUT2D eigenvalue weighted by Crippen LogP contribution is 2.39. The van der Waals surface area contributed by atoms with Crippen LogP contribution in [0.25, 0.3) is 0 Å². The van der Waals surface area contributed by atoms with Gasteiger partial charge in [-0.3, -0.25) is 4.90 Å². The van der Waals surface area contributed by atoms with E-state index in [9.17, 15) is 4.39 Å². The molecule has 0 heterocycles. The van der Waals surface area contributed by atoms with Crippen molar-refractivity contribution in [1.29, 1.82) is 0 Å². The molecule has 120 valence electrons. The maximum absolute atomic E-state index is 14.5. The van der Waals surface area contributed by atoms with Crippen molar-refractivity contribution in [2.75, 3.05) is 13.1 Å². The molecule has 5 heteroatoms. The van der Waals surface area contributed by atoms with Crippen molar-refractivity contribution in [2.45, 2.75) is 52.1 Å². The van der Waals surface area contributed by atoms with Crippen molar-refractivity contribution in [2.24, 2.45) is 5.73 Å². The zero-order chi connectivity index (χ0) is 16.2. The summed E-state index contributed by atoms with van der Waals surface area (Å²) in [6, 6.07) is 3.08. The molecule has 0 radical (unpaired) electrons. The zero-order valence-corrected chi connectivity index (χ0v) is 15.6. The van der Waals surface area contributed by atoms with Crippen LogP contribution in [0.3, 0.4) is 0 Å². The first-order chi connectivity index (χ1) is 9.89. The standard InChI is InChI=1S/C16H25BrClFN2/c1-5-16(6-2,21(7-3)8-4)15(20)11-9-10-12(17)13(18)14(11)19/h9-10,15H,5-8,20H2,1-4H3. The van der Waals surface area contributed by atoms with Gasteiger partial charge in [-0.2, -0.15) is 0 Å². The molecule has 0 aliphatic rings. The second-order valence-corrected chi connectivity index (χ2v) is 6.46. The van der Waals surface area contributed by atoms with E-state index in [1.54, 1.807) is 12.1 Å². The Labute approximate surface area is 141 Å². The monoisotopic (exact) mass is 378 g/mol. The Morgan fingerprint density at radius 3 is 2.19 bits per heavy atom. The molecule has 0 aromatic heterocycles. The lowest BCUT2D eigenvalue weighted by Crippen LogP contribution is -2.55. The summed E-state index contributed by atoms with van der Waals surface area (Å²) < 4.78 is 15.1. The number of benzene rings is 1. The molecule has 0 fully saturated rings. The van der Waals surface area contributed by atoms with Crippen LogP contribution in [-0.2, 0) is 0 Å². The topological polar surface area (TPSA) is 29.3 Å². The third-order valence-corrected chi connectivity index (χ3v) is 5.86. The maximum atomic E-state index is 14.5. The molecular weight excluding hydrogens is 355 g/mol. The van der Waals surface area contributed by atoms with Crippen LogP contribution in [0.4, 0.5) is 4.39 Å². The molecule has 1 aromatic carbocycles. The predicted octanol–water partition coefficient (Wildman–Crippen LogP) is 5.14. The molecule has 1 aromatic rings. The van der Waals surface area contributed by atoms with E-state index in [0.717, 1.165) is 25.9 Å². The van der Waals surface area contributed by atoms with Crippen LogP contribution in [0.2, 0.25) is 5.02 Å². The second kappa shape index (κ2) is 7.91. The van der Waals surface area contributed by atoms with Crippen molar-refractivity contribution >= 4 is 27.5 Å². The van der Waals surface area contributed by atoms with Crippen LogP contribution in [0.5, 0.6) is 0 Å². The van der Waals surface area contributed by atoms with Crippen molar-refractivity contribution < 1.29 is 4.39 Å². The molecule has 0 spiro atoms. The molecular formula is C16H25BrClFN2. The smallest absolute Gasteiger partial charge is 0.147 e. The van der Waals surface area contributed by atoms with Gasteiger partial charge in [-0.15, -0.1) is 0 Å². The first-order valence-electron chi connectivity index (χ1n) is 7.53. The van der Waals surface area contributed by atoms with Crippen LogP contribution in [0.15, 0.2) is 16.6 Å². The molecule has 2 nitrogen and oxygen atoms in total. The Morgan fingerprint density at radius 2 is 1.76 bits per heavy atom. The van der Waals surface area contributed by atoms with Crippen molar-refractivity contribution in [1.82, 2.24) is 4.90 Å². The van der Waals surface area contributed by atoms with E-state index < -0.39 is 11.9 Å². The van der Waals surface area contributed by atoms with Gasteiger partial charge < -0.3 is 5.73 Å². The van der Waals surface area contributed by atoms with Gasteiger partial charge in [0.2, 0.25) is 0 Å². The van der Waals surface area contributed by atoms with Gasteiger partial charge in [0.15, 0.2) is 0 Å². The summed E-state index contributed by atoms with van der Waals surface area (Å²) in [6.45, 7) is 10.2. The molecule has 1 rings (SSSR count). The third-order valence-electron chi connectivity index (χ3n) is 4.60. The van der Waals surface area contributed by atoms with E-state index >= 15 is 0 Å².